The molecule has 2 aliphatic heterocycles. The minimum absolute atomic E-state index is 0. The molecule has 32 heavy (non-hydrogen) atoms. The van der Waals surface area contributed by atoms with Gasteiger partial charge in [0, 0.05) is 39.0 Å². The van der Waals surface area contributed by atoms with Gasteiger partial charge >= 0.3 is 0 Å². The molecule has 8 heteroatoms. The number of anilines is 3. The normalized spacial score (nSPS) is 17.1. The number of hydrogen-bond donors (Lipinski definition) is 1. The summed E-state index contributed by atoms with van der Waals surface area (Å²) in [7, 11) is 0. The molecule has 1 aromatic heterocycles. The lowest BCUT2D eigenvalue weighted by Crippen LogP contribution is -2.56. The number of nitrogens with zero attached hydrogens (tertiary/aromatic N) is 6. The molecule has 5 rings (SSSR count). The number of hydrogen-bond acceptors (Lipinski definition) is 7. The summed E-state index contributed by atoms with van der Waals surface area (Å²) in [5.41, 5.74) is 5.00. The molecule has 3 heterocycles. The Morgan fingerprint density at radius 2 is 1.88 bits per heavy atom. The zero-order valence-electron chi connectivity index (χ0n) is 18.2. The van der Waals surface area contributed by atoms with Gasteiger partial charge in [0.05, 0.1) is 36.6 Å². The molecule has 0 aliphatic carbocycles. The average molecular weight is 432 g/mol. The van der Waals surface area contributed by atoms with Crippen molar-refractivity contribution >= 4 is 17.3 Å². The summed E-state index contributed by atoms with van der Waals surface area (Å²) in [4.78, 5) is 9.42. The van der Waals surface area contributed by atoms with Crippen molar-refractivity contribution in [3.8, 4) is 11.8 Å². The van der Waals surface area contributed by atoms with Crippen molar-refractivity contribution in [2.75, 3.05) is 49.6 Å². The first-order valence-electron chi connectivity index (χ1n) is 11.1. The number of piperazine rings is 1. The van der Waals surface area contributed by atoms with Crippen LogP contribution in [-0.4, -0.2) is 65.1 Å². The molecule has 2 saturated heterocycles. The van der Waals surface area contributed by atoms with Gasteiger partial charge in [0.1, 0.15) is 6.33 Å². The Morgan fingerprint density at radius 3 is 2.53 bits per heavy atom. The number of rotatable bonds is 6. The van der Waals surface area contributed by atoms with Gasteiger partial charge in [-0.1, -0.05) is 6.92 Å². The van der Waals surface area contributed by atoms with Gasteiger partial charge < -0.3 is 15.0 Å². The summed E-state index contributed by atoms with van der Waals surface area (Å²) in [6.45, 7) is 8.12. The van der Waals surface area contributed by atoms with E-state index in [9.17, 15) is 0 Å². The lowest BCUT2D eigenvalue weighted by molar-refractivity contribution is -0.0660. The van der Waals surface area contributed by atoms with Crippen molar-refractivity contribution in [3.05, 3.63) is 59.9 Å². The molecular formula is C24H29N7O. The minimum atomic E-state index is 0. The van der Waals surface area contributed by atoms with Gasteiger partial charge in [0.15, 0.2) is 0 Å². The van der Waals surface area contributed by atoms with Crippen molar-refractivity contribution in [1.29, 1.82) is 5.26 Å². The van der Waals surface area contributed by atoms with E-state index in [-0.39, 0.29) is 1.43 Å². The molecule has 0 saturated carbocycles. The van der Waals surface area contributed by atoms with Crippen molar-refractivity contribution in [2.24, 2.45) is 0 Å². The molecule has 0 amide bonds. The maximum absolute atomic E-state index is 8.97. The smallest absolute Gasteiger partial charge is 0.246 e. The van der Waals surface area contributed by atoms with Gasteiger partial charge in [-0.3, -0.25) is 4.90 Å². The fourth-order valence-electron chi connectivity index (χ4n) is 4.17. The summed E-state index contributed by atoms with van der Waals surface area (Å²) >= 11 is 0. The first-order chi connectivity index (χ1) is 15.7. The molecule has 0 spiro atoms. The fraction of sp³-hybridized carbons (Fsp3) is 0.375. The predicted molar refractivity (Wildman–Crippen MR) is 126 cm³/mol. The summed E-state index contributed by atoms with van der Waals surface area (Å²) in [6.07, 6.45) is 2.65. The Bertz CT molecular complexity index is 1110. The van der Waals surface area contributed by atoms with Crippen LogP contribution >= 0.6 is 0 Å². The third kappa shape index (κ3) is 4.31. The molecule has 0 atom stereocenters. The van der Waals surface area contributed by atoms with E-state index in [0.29, 0.717) is 17.6 Å². The van der Waals surface area contributed by atoms with Crippen LogP contribution in [0.3, 0.4) is 0 Å². The Morgan fingerprint density at radius 1 is 1.09 bits per heavy atom. The zero-order valence-corrected chi connectivity index (χ0v) is 18.2. The topological polar surface area (TPSA) is 82.2 Å². The molecule has 8 nitrogen and oxygen atoms in total. The maximum Gasteiger partial charge on any atom is 0.246 e. The highest BCUT2D eigenvalue weighted by Gasteiger charge is 2.29. The van der Waals surface area contributed by atoms with E-state index in [2.05, 4.69) is 56.4 Å². The van der Waals surface area contributed by atoms with Crippen LogP contribution in [0.25, 0.3) is 5.69 Å². The Labute approximate surface area is 189 Å². The minimum Gasteiger partial charge on any atom is -0.378 e. The van der Waals surface area contributed by atoms with E-state index >= 15 is 0 Å². The molecule has 2 aromatic carbocycles. The second-order valence-electron chi connectivity index (χ2n) is 8.25. The summed E-state index contributed by atoms with van der Waals surface area (Å²) in [5.74, 6) is 0.545. The molecule has 2 fully saturated rings. The van der Waals surface area contributed by atoms with Crippen molar-refractivity contribution in [3.63, 3.8) is 0 Å². The quantitative estimate of drug-likeness (QED) is 0.642. The lowest BCUT2D eigenvalue weighted by Gasteiger charge is -2.43. The molecule has 0 bridgehead atoms. The number of nitrogens with one attached hydrogen (secondary N) is 1. The van der Waals surface area contributed by atoms with Gasteiger partial charge in [-0.05, 0) is 54.4 Å². The molecular weight excluding hydrogens is 402 g/mol. The monoisotopic (exact) mass is 431 g/mol. The first-order valence-corrected chi connectivity index (χ1v) is 11.1. The lowest BCUT2D eigenvalue weighted by atomic mass is 10.1. The van der Waals surface area contributed by atoms with E-state index in [1.54, 1.807) is 23.1 Å². The van der Waals surface area contributed by atoms with E-state index in [1.165, 1.54) is 11.3 Å². The molecule has 166 valence electrons. The Hall–Kier alpha value is -3.41. The Balaban J connectivity index is 0.00000259. The summed E-state index contributed by atoms with van der Waals surface area (Å²) in [5, 5.41) is 16.9. The van der Waals surface area contributed by atoms with Crippen LogP contribution in [0, 0.1) is 11.3 Å². The van der Waals surface area contributed by atoms with Gasteiger partial charge in [0.2, 0.25) is 5.95 Å². The largest absolute Gasteiger partial charge is 0.378 e. The van der Waals surface area contributed by atoms with Crippen LogP contribution in [0.4, 0.5) is 17.3 Å². The van der Waals surface area contributed by atoms with E-state index < -0.39 is 0 Å². The van der Waals surface area contributed by atoms with Crippen LogP contribution in [0.5, 0.6) is 0 Å². The molecule has 0 unspecified atom stereocenters. The third-order valence-electron chi connectivity index (χ3n) is 6.21. The third-order valence-corrected chi connectivity index (χ3v) is 6.21. The van der Waals surface area contributed by atoms with Crippen LogP contribution in [0.2, 0.25) is 0 Å². The number of benzene rings is 2. The van der Waals surface area contributed by atoms with E-state index in [0.717, 1.165) is 57.2 Å². The molecule has 1 N–H and O–H groups in total. The summed E-state index contributed by atoms with van der Waals surface area (Å²) in [6, 6.07) is 16.6. The first kappa shape index (κ1) is 20.5. The van der Waals surface area contributed by atoms with Crippen molar-refractivity contribution in [2.45, 2.75) is 19.4 Å². The number of nitriles is 1. The SMILES string of the molecule is CCc1cc(Nc2ncn(-c3ccc(C#N)cc3)n2)cc(N2CCN(C3COC3)CC2)c1.[HH]. The van der Waals surface area contributed by atoms with Crippen LogP contribution in [-0.2, 0) is 11.2 Å². The molecule has 2 aliphatic rings. The van der Waals surface area contributed by atoms with Crippen molar-refractivity contribution in [1.82, 2.24) is 19.7 Å². The second kappa shape index (κ2) is 8.99. The second-order valence-corrected chi connectivity index (χ2v) is 8.25. The predicted octanol–water partition coefficient (Wildman–Crippen LogP) is 3.21. The zero-order chi connectivity index (χ0) is 21.9. The van der Waals surface area contributed by atoms with Crippen LogP contribution in [0.1, 0.15) is 19.5 Å². The maximum atomic E-state index is 8.97. The van der Waals surface area contributed by atoms with Crippen LogP contribution < -0.4 is 10.2 Å². The van der Waals surface area contributed by atoms with Gasteiger partial charge in [-0.2, -0.15) is 10.2 Å². The summed E-state index contributed by atoms with van der Waals surface area (Å²) < 4.78 is 7.06. The highest BCUT2D eigenvalue weighted by atomic mass is 16.5. The molecule has 0 radical (unpaired) electrons. The molecule has 3 aromatic rings. The van der Waals surface area contributed by atoms with Gasteiger partial charge in [-0.15, -0.1) is 5.10 Å². The number of aryl methyl sites for hydroxylation is 1. The van der Waals surface area contributed by atoms with E-state index in [4.69, 9.17) is 10.00 Å². The fourth-order valence-corrected chi connectivity index (χ4v) is 4.17. The van der Waals surface area contributed by atoms with Crippen LogP contribution in [0.15, 0.2) is 48.8 Å². The van der Waals surface area contributed by atoms with Gasteiger partial charge in [-0.25, -0.2) is 4.68 Å². The Kier molecular flexibility index (Phi) is 5.75. The number of ether oxygens (including phenoxy) is 1. The highest BCUT2D eigenvalue weighted by Crippen LogP contribution is 2.26. The van der Waals surface area contributed by atoms with Gasteiger partial charge in [0.25, 0.3) is 0 Å². The highest BCUT2D eigenvalue weighted by molar-refractivity contribution is 5.64. The average Bonchev–Trinajstić information content (AvgIpc) is 3.26. The number of aromatic nitrogens is 3. The van der Waals surface area contributed by atoms with E-state index in [1.807, 2.05) is 12.1 Å². The van der Waals surface area contributed by atoms with Crippen molar-refractivity contribution < 1.29 is 6.16 Å². The standard InChI is InChI=1S/C24H27N7O.H2/c1-2-18-11-20(13-22(12-18)29-7-9-30(10-8-29)23-15-32-16-23)27-24-26-17-31(28-24)21-5-3-19(14-25)4-6-21;/h3-6,11-13,17,23H,2,7-10,15-16H2,1H3,(H,27,28);1H.